The van der Waals surface area contributed by atoms with Crippen molar-refractivity contribution in [1.29, 1.82) is 0 Å². The van der Waals surface area contributed by atoms with Crippen LogP contribution in [0.1, 0.15) is 41.5 Å². The minimum Gasteiger partial charge on any atom is -0.377 e. The van der Waals surface area contributed by atoms with E-state index < -0.39 is 18.8 Å². The van der Waals surface area contributed by atoms with Gasteiger partial charge in [-0.25, -0.2) is 8.78 Å². The van der Waals surface area contributed by atoms with Crippen molar-refractivity contribution in [2.45, 2.75) is 77.9 Å². The van der Waals surface area contributed by atoms with E-state index in [-0.39, 0.29) is 24.7 Å². The molecular weight excluding hydrogens is 378 g/mol. The molecule has 2 aliphatic heterocycles. The molecule has 2 heterocycles. The number of β-amino-alcohol motifs (C(OH)–C–C–N with tert-alkyl or cyclic N) is 1. The Bertz CT molecular complexity index is 475. The van der Waals surface area contributed by atoms with Gasteiger partial charge in [0.05, 0.1) is 12.6 Å². The summed E-state index contributed by atoms with van der Waals surface area (Å²) in [5.41, 5.74) is 0. The number of ether oxygens (including phenoxy) is 1. The van der Waals surface area contributed by atoms with Crippen molar-refractivity contribution in [2.24, 2.45) is 0 Å². The van der Waals surface area contributed by atoms with Crippen LogP contribution in [0.3, 0.4) is 0 Å². The molecule has 1 N–H and O–H groups in total. The average Bonchev–Trinajstić information content (AvgIpc) is 2.62. The van der Waals surface area contributed by atoms with Gasteiger partial charge >= 0.3 is 0 Å². The van der Waals surface area contributed by atoms with Crippen molar-refractivity contribution in [3.63, 3.8) is 0 Å². The number of hydrogen-bond donors (Lipinski definition) is 1. The Morgan fingerprint density at radius 1 is 0.966 bits per heavy atom. The Hall–Kier alpha value is -0.380. The Morgan fingerprint density at radius 2 is 1.48 bits per heavy atom. The van der Waals surface area contributed by atoms with Crippen molar-refractivity contribution in [3.05, 3.63) is 0 Å². The highest BCUT2D eigenvalue weighted by atomic mass is 19.3. The summed E-state index contributed by atoms with van der Waals surface area (Å²) in [5, 5.41) is 10.8. The molecule has 29 heavy (non-hydrogen) atoms. The van der Waals surface area contributed by atoms with Crippen molar-refractivity contribution in [3.8, 4) is 0 Å². The van der Waals surface area contributed by atoms with E-state index in [4.69, 9.17) is 4.74 Å². The zero-order chi connectivity index (χ0) is 21.8. The van der Waals surface area contributed by atoms with Crippen LogP contribution in [-0.4, -0.2) is 120 Å². The third-order valence-electron chi connectivity index (χ3n) is 6.13. The van der Waals surface area contributed by atoms with Crippen LogP contribution in [0.5, 0.6) is 0 Å². The summed E-state index contributed by atoms with van der Waals surface area (Å²) in [6.07, 6.45) is -0.707. The summed E-state index contributed by atoms with van der Waals surface area (Å²) in [4.78, 5) is 8.67. The van der Waals surface area contributed by atoms with Crippen molar-refractivity contribution < 1.29 is 18.6 Å². The number of halogens is 2. The van der Waals surface area contributed by atoms with E-state index >= 15 is 0 Å². The van der Waals surface area contributed by atoms with Gasteiger partial charge in [0, 0.05) is 63.9 Å². The van der Waals surface area contributed by atoms with Gasteiger partial charge in [-0.15, -0.1) is 0 Å². The average molecular weight is 421 g/mol. The van der Waals surface area contributed by atoms with Crippen molar-refractivity contribution >= 4 is 0 Å². The molecule has 3 unspecified atom stereocenters. The van der Waals surface area contributed by atoms with Crippen LogP contribution >= 0.6 is 0 Å². The van der Waals surface area contributed by atoms with E-state index in [2.05, 4.69) is 42.4 Å². The maximum Gasteiger partial charge on any atom is 0.283 e. The smallest absolute Gasteiger partial charge is 0.283 e. The number of rotatable bonds is 9. The highest BCUT2D eigenvalue weighted by Gasteiger charge is 2.38. The predicted octanol–water partition coefficient (Wildman–Crippen LogP) is 1.79. The van der Waals surface area contributed by atoms with E-state index in [0.717, 1.165) is 26.2 Å². The second-order valence-corrected chi connectivity index (χ2v) is 9.45. The van der Waals surface area contributed by atoms with Crippen LogP contribution in [0, 0.1) is 0 Å². The molecule has 0 aromatic heterocycles. The molecule has 2 aliphatic rings. The van der Waals surface area contributed by atoms with Crippen molar-refractivity contribution in [1.82, 2.24) is 19.6 Å². The molecule has 6 nitrogen and oxygen atoms in total. The van der Waals surface area contributed by atoms with Gasteiger partial charge in [0.2, 0.25) is 0 Å². The molecule has 0 bridgehead atoms. The van der Waals surface area contributed by atoms with E-state index in [1.165, 1.54) is 0 Å². The number of aliphatic hydroxyl groups is 1. The fourth-order valence-electron chi connectivity index (χ4n) is 4.47. The Kier molecular flexibility index (Phi) is 9.25. The van der Waals surface area contributed by atoms with Crippen LogP contribution < -0.4 is 0 Å². The number of aliphatic hydroxyl groups excluding tert-OH is 1. The number of nitrogens with zero attached hydrogens (tertiary/aromatic N) is 4. The molecule has 8 heteroatoms. The monoisotopic (exact) mass is 420 g/mol. The molecule has 0 spiro atoms. The molecule has 172 valence electrons. The Balaban J connectivity index is 1.82. The van der Waals surface area contributed by atoms with Gasteiger partial charge in [-0.2, -0.15) is 0 Å². The lowest BCUT2D eigenvalue weighted by molar-refractivity contribution is -0.122. The summed E-state index contributed by atoms with van der Waals surface area (Å²) in [5.74, 6) is -2.85. The van der Waals surface area contributed by atoms with Crippen molar-refractivity contribution in [2.75, 3.05) is 59.0 Å². The van der Waals surface area contributed by atoms with Gasteiger partial charge in [-0.05, 0) is 41.5 Å². The van der Waals surface area contributed by atoms with Crippen LogP contribution in [-0.2, 0) is 4.74 Å². The highest BCUT2D eigenvalue weighted by Crippen LogP contribution is 2.22. The molecule has 0 aromatic carbocycles. The SMILES string of the molecule is CC(C)OCC(F)(F)CN1CC(C)N(CC(O)N2CCN(C(C)C)CC2)C(C)C1. The van der Waals surface area contributed by atoms with E-state index in [1.807, 2.05) is 4.90 Å². The first-order valence-electron chi connectivity index (χ1n) is 11.1. The van der Waals surface area contributed by atoms with Crippen LogP contribution in [0.15, 0.2) is 0 Å². The molecule has 2 saturated heterocycles. The van der Waals surface area contributed by atoms with Gasteiger partial charge in [-0.3, -0.25) is 19.6 Å². The minimum atomic E-state index is -2.85. The highest BCUT2D eigenvalue weighted by molar-refractivity contribution is 4.89. The third-order valence-corrected chi connectivity index (χ3v) is 6.13. The van der Waals surface area contributed by atoms with Gasteiger partial charge in [-0.1, -0.05) is 0 Å². The maximum absolute atomic E-state index is 14.2. The van der Waals surface area contributed by atoms with Gasteiger partial charge in [0.1, 0.15) is 12.8 Å². The van der Waals surface area contributed by atoms with Crippen LogP contribution in [0.2, 0.25) is 0 Å². The first-order chi connectivity index (χ1) is 13.5. The fourth-order valence-corrected chi connectivity index (χ4v) is 4.47. The summed E-state index contributed by atoms with van der Waals surface area (Å²) in [7, 11) is 0. The molecular formula is C21H42F2N4O2. The second kappa shape index (κ2) is 10.8. The number of alkyl halides is 2. The molecule has 0 radical (unpaired) electrons. The second-order valence-electron chi connectivity index (χ2n) is 9.45. The normalized spacial score (nSPS) is 27.8. The molecule has 2 fully saturated rings. The zero-order valence-corrected chi connectivity index (χ0v) is 19.2. The lowest BCUT2D eigenvalue weighted by Crippen LogP contribution is -2.62. The van der Waals surface area contributed by atoms with Crippen LogP contribution in [0.4, 0.5) is 8.78 Å². The number of hydrogen-bond acceptors (Lipinski definition) is 6. The van der Waals surface area contributed by atoms with Gasteiger partial charge in [0.15, 0.2) is 0 Å². The fraction of sp³-hybridized carbons (Fsp3) is 1.00. The molecule has 0 saturated carbocycles. The molecule has 0 amide bonds. The minimum absolute atomic E-state index is 0.118. The summed E-state index contributed by atoms with van der Waals surface area (Å²) in [6, 6.07) is 0.769. The summed E-state index contributed by atoms with van der Waals surface area (Å²) >= 11 is 0. The lowest BCUT2D eigenvalue weighted by Gasteiger charge is -2.47. The maximum atomic E-state index is 14.2. The zero-order valence-electron chi connectivity index (χ0n) is 19.2. The molecule has 0 aliphatic carbocycles. The van der Waals surface area contributed by atoms with Gasteiger partial charge < -0.3 is 9.84 Å². The van der Waals surface area contributed by atoms with E-state index in [1.54, 1.807) is 13.8 Å². The topological polar surface area (TPSA) is 42.4 Å². The quantitative estimate of drug-likeness (QED) is 0.614. The molecule has 3 atom stereocenters. The molecule has 0 aromatic rings. The number of piperazine rings is 2. The summed E-state index contributed by atoms with van der Waals surface area (Å²) in [6.45, 7) is 16.7. The Labute approximate surface area is 175 Å². The predicted molar refractivity (Wildman–Crippen MR) is 112 cm³/mol. The van der Waals surface area contributed by atoms with E-state index in [0.29, 0.717) is 25.7 Å². The van der Waals surface area contributed by atoms with E-state index in [9.17, 15) is 13.9 Å². The largest absolute Gasteiger partial charge is 0.377 e. The standard InChI is InChI=1S/C21H42F2N4O2/c1-16(2)25-7-9-26(10-8-25)20(28)13-27-18(5)11-24(12-19(27)6)14-21(22,23)15-29-17(3)4/h16-20,28H,7-15H2,1-6H3. The summed E-state index contributed by atoms with van der Waals surface area (Å²) < 4.78 is 33.6. The first-order valence-corrected chi connectivity index (χ1v) is 11.1. The third kappa shape index (κ3) is 7.67. The molecule has 2 rings (SSSR count). The lowest BCUT2D eigenvalue weighted by atomic mass is 10.1. The first kappa shape index (κ1) is 24.9. The van der Waals surface area contributed by atoms with Gasteiger partial charge in [0.25, 0.3) is 5.92 Å². The Morgan fingerprint density at radius 3 is 1.97 bits per heavy atom. The van der Waals surface area contributed by atoms with Crippen LogP contribution in [0.25, 0.3) is 0 Å².